The van der Waals surface area contributed by atoms with E-state index in [4.69, 9.17) is 4.98 Å². The fourth-order valence-electron chi connectivity index (χ4n) is 12.0. The van der Waals surface area contributed by atoms with Gasteiger partial charge in [-0.05, 0) is 147 Å². The van der Waals surface area contributed by atoms with Gasteiger partial charge >= 0.3 is 7.12 Å². The summed E-state index contributed by atoms with van der Waals surface area (Å²) in [5.74, 6) is 0. The minimum atomic E-state index is -1.50. The van der Waals surface area contributed by atoms with Crippen LogP contribution in [-0.2, 0) is 0 Å². The Morgan fingerprint density at radius 1 is 0.287 bits per heavy atom. The molecule has 0 aliphatic rings. The lowest BCUT2D eigenvalue weighted by Gasteiger charge is -2.18. The van der Waals surface area contributed by atoms with Gasteiger partial charge in [0.25, 0.3) is 0 Å². The maximum Gasteiger partial charge on any atom is 0.488 e. The second-order valence-corrected chi connectivity index (χ2v) is 22.2. The van der Waals surface area contributed by atoms with Crippen LogP contribution in [0.25, 0.3) is 133 Å². The highest BCUT2D eigenvalue weighted by Crippen LogP contribution is 2.46. The van der Waals surface area contributed by atoms with Crippen LogP contribution in [0, 0.1) is 0 Å². The first-order chi connectivity index (χ1) is 42.4. The van der Waals surface area contributed by atoms with E-state index < -0.39 is 7.12 Å². The Kier molecular flexibility index (Phi) is 15.8. The molecule has 12 aromatic carbocycles. The van der Waals surface area contributed by atoms with Gasteiger partial charge in [0, 0.05) is 40.4 Å². The van der Waals surface area contributed by atoms with Crippen molar-refractivity contribution >= 4 is 82.9 Å². The third-order valence-corrected chi connectivity index (χ3v) is 16.5. The number of pyridine rings is 2. The normalized spacial score (nSPS) is 11.1. The first-order valence-electron chi connectivity index (χ1n) is 28.7. The molecule has 4 heterocycles. The zero-order valence-corrected chi connectivity index (χ0v) is 48.2. The summed E-state index contributed by atoms with van der Waals surface area (Å²) in [6.07, 6.45) is 8.17. The van der Waals surface area contributed by atoms with Gasteiger partial charge in [-0.15, -0.1) is 0 Å². The molecule has 16 aromatic rings. The molecular weight excluding hydrogens is 1130 g/mol. The molecule has 8 heteroatoms. The highest BCUT2D eigenvalue weighted by Gasteiger charge is 2.21. The van der Waals surface area contributed by atoms with Gasteiger partial charge in [0.2, 0.25) is 0 Å². The Labute approximate surface area is 514 Å². The largest absolute Gasteiger partial charge is 0.488 e. The van der Waals surface area contributed by atoms with Crippen molar-refractivity contribution in [2.75, 3.05) is 0 Å². The van der Waals surface area contributed by atoms with Crippen LogP contribution in [0.2, 0.25) is 0 Å². The Hall–Kier alpha value is -10.5. The van der Waals surface area contributed by atoms with E-state index in [0.29, 0.717) is 5.46 Å². The third-order valence-electron chi connectivity index (χ3n) is 16.0. The van der Waals surface area contributed by atoms with E-state index in [9.17, 15) is 10.0 Å². The number of hydrogen-bond acceptors (Lipinski definition) is 4. The summed E-state index contributed by atoms with van der Waals surface area (Å²) in [6, 6.07) is 101. The zero-order chi connectivity index (χ0) is 57.9. The first-order valence-corrected chi connectivity index (χ1v) is 29.5. The molecule has 0 aliphatic carbocycles. The van der Waals surface area contributed by atoms with Crippen molar-refractivity contribution < 1.29 is 10.0 Å². The van der Waals surface area contributed by atoms with Gasteiger partial charge in [0.05, 0.1) is 11.4 Å². The Morgan fingerprint density at radius 2 is 0.609 bits per heavy atom. The molecule has 0 aliphatic heterocycles. The lowest BCUT2D eigenvalue weighted by molar-refractivity contribution is 0.426. The van der Waals surface area contributed by atoms with Crippen LogP contribution in [0.1, 0.15) is 7.43 Å². The fourth-order valence-corrected chi connectivity index (χ4v) is 12.2. The molecule has 0 fully saturated rings. The predicted octanol–water partition coefficient (Wildman–Crippen LogP) is 19.7. The van der Waals surface area contributed by atoms with Crippen LogP contribution in [-0.4, -0.2) is 35.9 Å². The first kappa shape index (κ1) is 55.7. The lowest BCUT2D eigenvalue weighted by atomic mass is 9.77. The number of benzene rings is 12. The zero-order valence-electron chi connectivity index (χ0n) is 46.7. The van der Waals surface area contributed by atoms with Gasteiger partial charge in [-0.3, -0.25) is 0 Å². The predicted molar refractivity (Wildman–Crippen MR) is 369 cm³/mol. The van der Waals surface area contributed by atoms with Crippen LogP contribution < -0.4 is 5.46 Å². The number of rotatable bonds is 8. The second kappa shape index (κ2) is 24.6. The van der Waals surface area contributed by atoms with Crippen LogP contribution in [0.3, 0.4) is 0 Å². The molecule has 0 bridgehead atoms. The minimum Gasteiger partial charge on any atom is -0.423 e. The van der Waals surface area contributed by atoms with Gasteiger partial charge in [0.1, 0.15) is 11.3 Å². The third kappa shape index (κ3) is 11.1. The van der Waals surface area contributed by atoms with Crippen molar-refractivity contribution in [3.8, 4) is 78.1 Å². The van der Waals surface area contributed by atoms with Crippen LogP contribution >= 0.6 is 15.9 Å². The molecule has 2 N–H and O–H groups in total. The van der Waals surface area contributed by atoms with Crippen LogP contribution in [0.4, 0.5) is 0 Å². The highest BCUT2D eigenvalue weighted by atomic mass is 79.9. The summed E-state index contributed by atoms with van der Waals surface area (Å²) in [7, 11) is -1.50. The summed E-state index contributed by atoms with van der Waals surface area (Å²) in [5, 5.41) is 29.1. The van der Waals surface area contributed by atoms with E-state index in [1.165, 1.54) is 60.3 Å². The average Bonchev–Trinajstić information content (AvgIpc) is 2.09. The molecule has 0 atom stereocenters. The van der Waals surface area contributed by atoms with Crippen molar-refractivity contribution in [3.63, 3.8) is 0 Å². The van der Waals surface area contributed by atoms with E-state index >= 15 is 0 Å². The summed E-state index contributed by atoms with van der Waals surface area (Å²) >= 11 is 3.43. The summed E-state index contributed by atoms with van der Waals surface area (Å²) in [6.45, 7) is 0. The van der Waals surface area contributed by atoms with Crippen molar-refractivity contribution in [3.05, 3.63) is 320 Å². The summed E-state index contributed by atoms with van der Waals surface area (Å²) in [4.78, 5) is 9.36. The van der Waals surface area contributed by atoms with E-state index in [1.54, 1.807) is 6.07 Å². The van der Waals surface area contributed by atoms with Crippen LogP contribution in [0.5, 0.6) is 0 Å². The topological polar surface area (TPSA) is 75.1 Å². The molecule has 0 saturated carbocycles. The number of imidazole rings is 2. The Bertz CT molecular complexity index is 5010. The number of aromatic nitrogens is 4. The molecule has 0 radical (unpaired) electrons. The van der Waals surface area contributed by atoms with Crippen molar-refractivity contribution in [1.82, 2.24) is 18.8 Å². The number of fused-ring (bicyclic) bond motifs is 6. The number of halogens is 1. The maximum atomic E-state index is 9.80. The average molecular weight is 1190 g/mol. The Balaban J connectivity index is 0.000000132. The van der Waals surface area contributed by atoms with Gasteiger partial charge in [-0.1, -0.05) is 272 Å². The van der Waals surface area contributed by atoms with E-state index in [0.717, 1.165) is 76.7 Å². The molecular formula is C79H58BBrN4O2. The van der Waals surface area contributed by atoms with Crippen molar-refractivity contribution in [1.29, 1.82) is 0 Å². The maximum absolute atomic E-state index is 9.80. The van der Waals surface area contributed by atoms with Crippen molar-refractivity contribution in [2.24, 2.45) is 0 Å². The number of nitrogens with zero attached hydrogens (tertiary/aromatic N) is 4. The standard InChI is InChI=1S/C39H26N2.C26H19BO2.C13H9BrN2.CH4/c1-3-11-29(12-4-1)38-32-15-7-8-16-33(32)39(30-13-5-2-6-14-30)35-25-31(22-23-34(35)38)27-18-20-28(21-19-27)36-26-41-24-10-9-17-37(41)40-36;28-27(29)20-15-16-23-24(17-20)26(19-11-5-2-6-12-19)22-14-8-7-13-21(22)25(23)18-9-3-1-4-10-18;14-11-6-4-10(5-7-11)12-9-16-8-2-1-3-13(16)15-12;/h1-26H;1-17,28-29H;1-9H;1H4. The molecule has 4 aromatic heterocycles. The van der Waals surface area contributed by atoms with Gasteiger partial charge in [-0.2, -0.15) is 0 Å². The quantitative estimate of drug-likeness (QED) is 0.117. The van der Waals surface area contributed by atoms with Crippen molar-refractivity contribution in [2.45, 2.75) is 7.43 Å². The molecule has 0 spiro atoms. The van der Waals surface area contributed by atoms with Gasteiger partial charge in [-0.25, -0.2) is 9.97 Å². The van der Waals surface area contributed by atoms with Gasteiger partial charge < -0.3 is 18.8 Å². The second-order valence-electron chi connectivity index (χ2n) is 21.3. The molecule has 0 unspecified atom stereocenters. The molecule has 0 saturated heterocycles. The smallest absolute Gasteiger partial charge is 0.423 e. The molecule has 87 heavy (non-hydrogen) atoms. The fraction of sp³-hybridized carbons (Fsp3) is 0.0127. The Morgan fingerprint density at radius 3 is 1.01 bits per heavy atom. The van der Waals surface area contributed by atoms with E-state index in [-0.39, 0.29) is 7.43 Å². The van der Waals surface area contributed by atoms with E-state index in [1.807, 2.05) is 120 Å². The molecule has 6 nitrogen and oxygen atoms in total. The van der Waals surface area contributed by atoms with Crippen LogP contribution in [0.15, 0.2) is 320 Å². The molecule has 416 valence electrons. The highest BCUT2D eigenvalue weighted by molar-refractivity contribution is 9.10. The lowest BCUT2D eigenvalue weighted by Crippen LogP contribution is -2.29. The monoisotopic (exact) mass is 1180 g/mol. The summed E-state index contributed by atoms with van der Waals surface area (Å²) in [5.41, 5.74) is 18.6. The number of hydrogen-bond donors (Lipinski definition) is 2. The molecule has 16 rings (SSSR count). The van der Waals surface area contributed by atoms with E-state index in [2.05, 4.69) is 220 Å². The minimum absolute atomic E-state index is 0. The molecule has 0 amide bonds. The SMILES string of the molecule is Brc1ccc(-c2cn3ccccc3n2)cc1.C.OB(O)c1ccc2c(-c3ccccc3)c3ccccc3c(-c3ccccc3)c2c1.c1ccc(-c2c3ccccc3c(-c3ccccc3)c3cc(-c4ccc(-c5cn6ccccc6n5)cc4)ccc23)cc1. The summed E-state index contributed by atoms with van der Waals surface area (Å²) < 4.78 is 5.17. The van der Waals surface area contributed by atoms with Gasteiger partial charge in [0.15, 0.2) is 0 Å².